The number of phenols is 1. The van der Waals surface area contributed by atoms with Crippen molar-refractivity contribution < 1.29 is 9.90 Å². The molecule has 0 saturated carbocycles. The molecule has 0 radical (unpaired) electrons. The van der Waals surface area contributed by atoms with Gasteiger partial charge in [-0.3, -0.25) is 4.79 Å². The Labute approximate surface area is 101 Å². The van der Waals surface area contributed by atoms with E-state index in [1.807, 2.05) is 6.07 Å². The third kappa shape index (κ3) is 3.34. The van der Waals surface area contributed by atoms with E-state index in [1.54, 1.807) is 18.2 Å². The van der Waals surface area contributed by atoms with Crippen LogP contribution in [-0.4, -0.2) is 17.1 Å². The van der Waals surface area contributed by atoms with Crippen molar-refractivity contribution in [1.82, 2.24) is 5.32 Å². The van der Waals surface area contributed by atoms with Crippen molar-refractivity contribution in [3.05, 3.63) is 42.0 Å². The summed E-state index contributed by atoms with van der Waals surface area (Å²) in [5.41, 5.74) is 0.677. The number of carbonyl (C=O) groups is 1. The van der Waals surface area contributed by atoms with E-state index in [1.165, 1.54) is 0 Å². The summed E-state index contributed by atoms with van der Waals surface area (Å²) in [5, 5.41) is 12.6. The molecule has 0 aliphatic heterocycles. The molecule has 1 atom stereocenters. The van der Waals surface area contributed by atoms with Crippen molar-refractivity contribution in [3.63, 3.8) is 0 Å². The van der Waals surface area contributed by atoms with Crippen LogP contribution in [0.1, 0.15) is 24.8 Å². The molecule has 0 heterocycles. The number of amides is 1. The zero-order valence-electron chi connectivity index (χ0n) is 9.73. The maximum Gasteiger partial charge on any atom is 0.224 e. The van der Waals surface area contributed by atoms with E-state index >= 15 is 0 Å². The Morgan fingerprint density at radius 1 is 1.35 bits per heavy atom. The van der Waals surface area contributed by atoms with Crippen LogP contribution in [0.4, 0.5) is 0 Å². The Bertz CT molecular complexity index is 426. The molecule has 2 rings (SSSR count). The van der Waals surface area contributed by atoms with Crippen LogP contribution in [0.15, 0.2) is 36.4 Å². The molecule has 90 valence electrons. The third-order valence-electron chi connectivity index (χ3n) is 2.98. The summed E-state index contributed by atoms with van der Waals surface area (Å²) in [7, 11) is 0. The summed E-state index contributed by atoms with van der Waals surface area (Å²) < 4.78 is 0. The van der Waals surface area contributed by atoms with Crippen LogP contribution in [-0.2, 0) is 11.2 Å². The number of rotatable bonds is 3. The lowest BCUT2D eigenvalue weighted by molar-refractivity contribution is -0.121. The first-order valence-corrected chi connectivity index (χ1v) is 5.97. The van der Waals surface area contributed by atoms with E-state index in [-0.39, 0.29) is 24.1 Å². The highest BCUT2D eigenvalue weighted by atomic mass is 16.3. The van der Waals surface area contributed by atoms with Crippen LogP contribution in [0.5, 0.6) is 5.75 Å². The van der Waals surface area contributed by atoms with Gasteiger partial charge >= 0.3 is 0 Å². The van der Waals surface area contributed by atoms with Crippen molar-refractivity contribution in [2.45, 2.75) is 31.7 Å². The van der Waals surface area contributed by atoms with E-state index < -0.39 is 0 Å². The van der Waals surface area contributed by atoms with Crippen molar-refractivity contribution >= 4 is 5.91 Å². The Morgan fingerprint density at radius 2 is 2.18 bits per heavy atom. The molecule has 0 aromatic heterocycles. The summed E-state index contributed by atoms with van der Waals surface area (Å²) in [6.07, 6.45) is 7.43. The molecule has 2 N–H and O–H groups in total. The second kappa shape index (κ2) is 5.53. The normalized spacial score (nSPS) is 18.9. The molecule has 1 aliphatic rings. The molecule has 0 bridgehead atoms. The van der Waals surface area contributed by atoms with Gasteiger partial charge in [-0.05, 0) is 25.3 Å². The van der Waals surface area contributed by atoms with Crippen LogP contribution < -0.4 is 5.32 Å². The molecule has 0 fully saturated rings. The zero-order valence-corrected chi connectivity index (χ0v) is 9.73. The van der Waals surface area contributed by atoms with Crippen molar-refractivity contribution in [3.8, 4) is 5.75 Å². The number of aromatic hydroxyl groups is 1. The number of carbonyl (C=O) groups excluding carboxylic acids is 1. The predicted molar refractivity (Wildman–Crippen MR) is 66.7 cm³/mol. The van der Waals surface area contributed by atoms with Gasteiger partial charge < -0.3 is 10.4 Å². The van der Waals surface area contributed by atoms with Gasteiger partial charge in [-0.25, -0.2) is 0 Å². The fourth-order valence-electron chi connectivity index (χ4n) is 2.04. The molecule has 3 heteroatoms. The molecule has 3 nitrogen and oxygen atoms in total. The molecule has 1 unspecified atom stereocenters. The number of hydrogen-bond acceptors (Lipinski definition) is 2. The number of hydrogen-bond donors (Lipinski definition) is 2. The average molecular weight is 231 g/mol. The van der Waals surface area contributed by atoms with E-state index in [0.29, 0.717) is 5.56 Å². The molecule has 0 saturated heterocycles. The van der Waals surface area contributed by atoms with Crippen molar-refractivity contribution in [2.24, 2.45) is 0 Å². The lowest BCUT2D eigenvalue weighted by Crippen LogP contribution is -2.36. The maximum atomic E-state index is 11.8. The number of para-hydroxylation sites is 1. The SMILES string of the molecule is O=C(Cc1ccccc1O)NC1CC=CCC1. The second-order valence-electron chi connectivity index (χ2n) is 4.35. The van der Waals surface area contributed by atoms with E-state index in [9.17, 15) is 9.90 Å². The molecule has 1 aromatic rings. The number of benzene rings is 1. The van der Waals surface area contributed by atoms with Crippen LogP contribution >= 0.6 is 0 Å². The smallest absolute Gasteiger partial charge is 0.224 e. The summed E-state index contributed by atoms with van der Waals surface area (Å²) in [4.78, 5) is 11.8. The van der Waals surface area contributed by atoms with Gasteiger partial charge in [-0.1, -0.05) is 30.4 Å². The number of phenolic OH excluding ortho intramolecular Hbond substituents is 1. The minimum absolute atomic E-state index is 0.0215. The minimum Gasteiger partial charge on any atom is -0.508 e. The molecule has 1 aromatic carbocycles. The van der Waals surface area contributed by atoms with Crippen LogP contribution in [0.3, 0.4) is 0 Å². The molecule has 17 heavy (non-hydrogen) atoms. The van der Waals surface area contributed by atoms with Gasteiger partial charge in [0.05, 0.1) is 6.42 Å². The van der Waals surface area contributed by atoms with Crippen molar-refractivity contribution in [1.29, 1.82) is 0 Å². The molecule has 1 amide bonds. The molecular formula is C14H17NO2. The molecule has 1 aliphatic carbocycles. The summed E-state index contributed by atoms with van der Waals surface area (Å²) in [5.74, 6) is 0.165. The summed E-state index contributed by atoms with van der Waals surface area (Å²) in [6, 6.07) is 7.20. The van der Waals surface area contributed by atoms with E-state index in [0.717, 1.165) is 19.3 Å². The van der Waals surface area contributed by atoms with Crippen molar-refractivity contribution in [2.75, 3.05) is 0 Å². The third-order valence-corrected chi connectivity index (χ3v) is 2.98. The maximum absolute atomic E-state index is 11.8. The van der Waals surface area contributed by atoms with Gasteiger partial charge in [0.2, 0.25) is 5.91 Å². The minimum atomic E-state index is -0.0215. The fraction of sp³-hybridized carbons (Fsp3) is 0.357. The van der Waals surface area contributed by atoms with E-state index in [2.05, 4.69) is 17.5 Å². The van der Waals surface area contributed by atoms with Gasteiger partial charge in [-0.2, -0.15) is 0 Å². The first kappa shape index (κ1) is 11.7. The fourth-order valence-corrected chi connectivity index (χ4v) is 2.04. The highest BCUT2D eigenvalue weighted by Gasteiger charge is 2.13. The summed E-state index contributed by atoms with van der Waals surface area (Å²) >= 11 is 0. The molecule has 0 spiro atoms. The largest absolute Gasteiger partial charge is 0.508 e. The van der Waals surface area contributed by atoms with E-state index in [4.69, 9.17) is 0 Å². The van der Waals surface area contributed by atoms with Gasteiger partial charge in [0, 0.05) is 11.6 Å². The lowest BCUT2D eigenvalue weighted by atomic mass is 10.0. The monoisotopic (exact) mass is 231 g/mol. The number of allylic oxidation sites excluding steroid dienone is 1. The summed E-state index contributed by atoms with van der Waals surface area (Å²) in [6.45, 7) is 0. The van der Waals surface area contributed by atoms with Crippen LogP contribution in [0.2, 0.25) is 0 Å². The molecular weight excluding hydrogens is 214 g/mol. The Balaban J connectivity index is 1.89. The lowest BCUT2D eigenvalue weighted by Gasteiger charge is -2.19. The van der Waals surface area contributed by atoms with Gasteiger partial charge in [0.15, 0.2) is 0 Å². The van der Waals surface area contributed by atoms with Gasteiger partial charge in [0.25, 0.3) is 0 Å². The van der Waals surface area contributed by atoms with Gasteiger partial charge in [-0.15, -0.1) is 0 Å². The first-order chi connectivity index (χ1) is 8.25. The van der Waals surface area contributed by atoms with Gasteiger partial charge in [0.1, 0.15) is 5.75 Å². The van der Waals surface area contributed by atoms with Crippen LogP contribution in [0, 0.1) is 0 Å². The predicted octanol–water partition coefficient (Wildman–Crippen LogP) is 2.16. The highest BCUT2D eigenvalue weighted by molar-refractivity contribution is 5.79. The average Bonchev–Trinajstić information content (AvgIpc) is 2.33. The Hall–Kier alpha value is -1.77. The standard InChI is InChI=1S/C14H17NO2/c16-13-9-5-4-6-11(13)10-14(17)15-12-7-2-1-3-8-12/h1-2,4-6,9,12,16H,3,7-8,10H2,(H,15,17). The quantitative estimate of drug-likeness (QED) is 0.783. The first-order valence-electron chi connectivity index (χ1n) is 5.97. The Kier molecular flexibility index (Phi) is 3.81. The zero-order chi connectivity index (χ0) is 12.1. The Morgan fingerprint density at radius 3 is 2.88 bits per heavy atom. The second-order valence-corrected chi connectivity index (χ2v) is 4.35. The topological polar surface area (TPSA) is 49.3 Å². The number of nitrogens with one attached hydrogen (secondary N) is 1. The highest BCUT2D eigenvalue weighted by Crippen LogP contribution is 2.16. The van der Waals surface area contributed by atoms with Crippen LogP contribution in [0.25, 0.3) is 0 Å².